The normalized spacial score (nSPS) is 15.5. The molecule has 3 aromatic rings. The molecule has 4 heterocycles. The summed E-state index contributed by atoms with van der Waals surface area (Å²) in [6, 6.07) is 5.94. The average Bonchev–Trinajstić information content (AvgIpc) is 3.00. The molecule has 1 aliphatic heterocycles. The predicted molar refractivity (Wildman–Crippen MR) is 82.2 cm³/mol. The first-order valence-corrected chi connectivity index (χ1v) is 7.13. The molecule has 1 fully saturated rings. The highest BCUT2D eigenvalue weighted by atomic mass is 15.3. The molecule has 0 radical (unpaired) electrons. The Balaban J connectivity index is 1.75. The van der Waals surface area contributed by atoms with Gasteiger partial charge >= 0.3 is 0 Å². The Bertz CT molecular complexity index is 759. The van der Waals surface area contributed by atoms with Crippen LogP contribution in [-0.4, -0.2) is 46.1 Å². The summed E-state index contributed by atoms with van der Waals surface area (Å²) in [7, 11) is 0. The average molecular weight is 280 g/mol. The molecule has 1 aliphatic rings. The third kappa shape index (κ3) is 2.23. The van der Waals surface area contributed by atoms with Crippen molar-refractivity contribution in [2.24, 2.45) is 0 Å². The monoisotopic (exact) mass is 280 g/mol. The predicted octanol–water partition coefficient (Wildman–Crippen LogP) is 1.43. The van der Waals surface area contributed by atoms with Crippen LogP contribution in [0.5, 0.6) is 0 Å². The van der Waals surface area contributed by atoms with Gasteiger partial charge in [0.25, 0.3) is 0 Å². The van der Waals surface area contributed by atoms with Crippen LogP contribution >= 0.6 is 0 Å². The van der Waals surface area contributed by atoms with Crippen molar-refractivity contribution in [2.75, 3.05) is 31.1 Å². The van der Waals surface area contributed by atoms with E-state index in [9.17, 15) is 0 Å². The lowest BCUT2D eigenvalue weighted by Gasteiger charge is -2.27. The van der Waals surface area contributed by atoms with Gasteiger partial charge in [-0.05, 0) is 18.2 Å². The zero-order valence-corrected chi connectivity index (χ0v) is 11.6. The van der Waals surface area contributed by atoms with Crippen LogP contribution < -0.4 is 10.2 Å². The topological polar surface area (TPSA) is 69.7 Å². The van der Waals surface area contributed by atoms with Crippen molar-refractivity contribution in [1.82, 2.24) is 25.3 Å². The van der Waals surface area contributed by atoms with Crippen LogP contribution in [0.1, 0.15) is 0 Å². The molecule has 0 aromatic carbocycles. The maximum absolute atomic E-state index is 4.73. The summed E-state index contributed by atoms with van der Waals surface area (Å²) < 4.78 is 0. The minimum atomic E-state index is 0.798. The molecule has 6 nitrogen and oxygen atoms in total. The first-order valence-electron chi connectivity index (χ1n) is 7.13. The molecule has 1 saturated heterocycles. The lowest BCUT2D eigenvalue weighted by molar-refractivity contribution is 0.580. The van der Waals surface area contributed by atoms with E-state index in [0.717, 1.165) is 54.4 Å². The fourth-order valence-electron chi connectivity index (χ4n) is 2.68. The van der Waals surface area contributed by atoms with Crippen molar-refractivity contribution < 1.29 is 0 Å². The second-order valence-electron chi connectivity index (χ2n) is 5.08. The molecule has 0 amide bonds. The number of aromatic amines is 1. The Kier molecular flexibility index (Phi) is 3.01. The summed E-state index contributed by atoms with van der Waals surface area (Å²) in [6.07, 6.45) is 5.57. The molecule has 0 unspecified atom stereocenters. The van der Waals surface area contributed by atoms with Gasteiger partial charge in [0, 0.05) is 55.7 Å². The van der Waals surface area contributed by atoms with Crippen LogP contribution in [0.15, 0.2) is 36.8 Å². The molecule has 6 heteroatoms. The number of nitrogens with one attached hydrogen (secondary N) is 2. The Morgan fingerprint density at radius 2 is 1.95 bits per heavy atom. The highest BCUT2D eigenvalue weighted by Gasteiger charge is 2.15. The quantitative estimate of drug-likeness (QED) is 0.743. The van der Waals surface area contributed by atoms with Crippen molar-refractivity contribution in [3.63, 3.8) is 0 Å². The van der Waals surface area contributed by atoms with Crippen molar-refractivity contribution in [3.05, 3.63) is 36.8 Å². The van der Waals surface area contributed by atoms with Gasteiger partial charge in [0.15, 0.2) is 0 Å². The number of aromatic nitrogens is 4. The number of pyridine rings is 1. The molecule has 0 saturated carbocycles. The zero-order chi connectivity index (χ0) is 14.1. The first kappa shape index (κ1) is 12.3. The number of H-pyrrole nitrogens is 1. The summed E-state index contributed by atoms with van der Waals surface area (Å²) in [6.45, 7) is 3.84. The molecule has 0 spiro atoms. The Morgan fingerprint density at radius 3 is 2.86 bits per heavy atom. The second-order valence-corrected chi connectivity index (χ2v) is 5.08. The van der Waals surface area contributed by atoms with E-state index < -0.39 is 0 Å². The minimum Gasteiger partial charge on any atom is -0.345 e. The Hall–Kier alpha value is -2.47. The molecule has 2 N–H and O–H groups in total. The minimum absolute atomic E-state index is 0.798. The number of rotatable bonds is 2. The van der Waals surface area contributed by atoms with Gasteiger partial charge in [-0.1, -0.05) is 0 Å². The molecule has 0 aliphatic carbocycles. The van der Waals surface area contributed by atoms with E-state index in [-0.39, 0.29) is 0 Å². The molecular formula is C15H16N6. The SMILES string of the molecule is c1cnc2[nH]cc(-c3ccnc(N4CCNCC4)n3)c2c1. The summed E-state index contributed by atoms with van der Waals surface area (Å²) in [5.41, 5.74) is 2.88. The van der Waals surface area contributed by atoms with Crippen molar-refractivity contribution in [1.29, 1.82) is 0 Å². The smallest absolute Gasteiger partial charge is 0.225 e. The number of anilines is 1. The number of fused-ring (bicyclic) bond motifs is 1. The van der Waals surface area contributed by atoms with Crippen LogP contribution in [0, 0.1) is 0 Å². The fraction of sp³-hybridized carbons (Fsp3) is 0.267. The second kappa shape index (κ2) is 5.14. The molecule has 4 rings (SSSR count). The van der Waals surface area contributed by atoms with E-state index in [1.807, 2.05) is 24.5 Å². The van der Waals surface area contributed by atoms with Gasteiger partial charge in [0.05, 0.1) is 5.69 Å². The van der Waals surface area contributed by atoms with Crippen molar-refractivity contribution in [2.45, 2.75) is 0 Å². The fourth-order valence-corrected chi connectivity index (χ4v) is 2.68. The van der Waals surface area contributed by atoms with Crippen LogP contribution in [-0.2, 0) is 0 Å². The molecule has 0 bridgehead atoms. The molecule has 3 aromatic heterocycles. The summed E-state index contributed by atoms with van der Waals surface area (Å²) in [5, 5.41) is 4.43. The van der Waals surface area contributed by atoms with Gasteiger partial charge in [-0.3, -0.25) is 0 Å². The first-order chi connectivity index (χ1) is 10.4. The van der Waals surface area contributed by atoms with Crippen molar-refractivity contribution in [3.8, 4) is 11.3 Å². The molecular weight excluding hydrogens is 264 g/mol. The summed E-state index contributed by atoms with van der Waals surface area (Å²) in [5.74, 6) is 0.798. The largest absolute Gasteiger partial charge is 0.345 e. The number of nitrogens with zero attached hydrogens (tertiary/aromatic N) is 4. The van der Waals surface area contributed by atoms with Gasteiger partial charge in [0.1, 0.15) is 5.65 Å². The van der Waals surface area contributed by atoms with E-state index in [1.165, 1.54) is 0 Å². The van der Waals surface area contributed by atoms with Gasteiger partial charge < -0.3 is 15.2 Å². The maximum atomic E-state index is 4.73. The summed E-state index contributed by atoms with van der Waals surface area (Å²) >= 11 is 0. The van der Waals surface area contributed by atoms with E-state index in [1.54, 1.807) is 6.20 Å². The lowest BCUT2D eigenvalue weighted by atomic mass is 10.1. The maximum Gasteiger partial charge on any atom is 0.225 e. The van der Waals surface area contributed by atoms with Gasteiger partial charge in [-0.15, -0.1) is 0 Å². The van der Waals surface area contributed by atoms with E-state index in [2.05, 4.69) is 31.2 Å². The van der Waals surface area contributed by atoms with E-state index in [4.69, 9.17) is 4.98 Å². The number of hydrogen-bond acceptors (Lipinski definition) is 5. The van der Waals surface area contributed by atoms with Gasteiger partial charge in [-0.2, -0.15) is 0 Å². The van der Waals surface area contributed by atoms with Crippen LogP contribution in [0.2, 0.25) is 0 Å². The van der Waals surface area contributed by atoms with E-state index in [0.29, 0.717) is 0 Å². The highest BCUT2D eigenvalue weighted by Crippen LogP contribution is 2.26. The standard InChI is InChI=1S/C15H16N6/c1-2-11-12(10-19-14(11)17-4-1)13-3-5-18-15(20-13)21-8-6-16-7-9-21/h1-5,10,16H,6-9H2,(H,17,19). The van der Waals surface area contributed by atoms with E-state index >= 15 is 0 Å². The van der Waals surface area contributed by atoms with Crippen molar-refractivity contribution >= 4 is 17.0 Å². The number of hydrogen-bond donors (Lipinski definition) is 2. The zero-order valence-electron chi connectivity index (χ0n) is 11.6. The molecule has 106 valence electrons. The molecule has 21 heavy (non-hydrogen) atoms. The van der Waals surface area contributed by atoms with Crippen LogP contribution in [0.4, 0.5) is 5.95 Å². The van der Waals surface area contributed by atoms with Gasteiger partial charge in [0.2, 0.25) is 5.95 Å². The van der Waals surface area contributed by atoms with Gasteiger partial charge in [-0.25, -0.2) is 15.0 Å². The Labute approximate surface area is 122 Å². The number of piperazine rings is 1. The third-order valence-corrected chi connectivity index (χ3v) is 3.77. The lowest BCUT2D eigenvalue weighted by Crippen LogP contribution is -2.44. The van der Waals surface area contributed by atoms with Crippen LogP contribution in [0.3, 0.4) is 0 Å². The molecule has 0 atom stereocenters. The Morgan fingerprint density at radius 1 is 1.05 bits per heavy atom. The highest BCUT2D eigenvalue weighted by molar-refractivity contribution is 5.92. The van der Waals surface area contributed by atoms with Crippen LogP contribution in [0.25, 0.3) is 22.3 Å². The summed E-state index contributed by atoms with van der Waals surface area (Å²) in [4.78, 5) is 18.9. The third-order valence-electron chi connectivity index (χ3n) is 3.77.